The molecule has 1 radical (unpaired) electrons. The van der Waals surface area contributed by atoms with Crippen LogP contribution in [-0.2, 0) is 14.9 Å². The first kappa shape index (κ1) is 21.1. The van der Waals surface area contributed by atoms with Gasteiger partial charge in [-0.2, -0.15) is 0 Å². The lowest BCUT2D eigenvalue weighted by Crippen LogP contribution is -2.17. The number of Topliss-reactive ketones (excluding diaryl/α,β-unsaturated/α-hetero) is 1. The molecule has 0 unspecified atom stereocenters. The minimum absolute atomic E-state index is 0.0488. The Bertz CT molecular complexity index is 996. The first-order valence-corrected chi connectivity index (χ1v) is 12.2. The normalized spacial score (nSPS) is 13.7. The maximum Gasteiger partial charge on any atom is 0.342 e. The quantitative estimate of drug-likeness (QED) is 0.389. The smallest absolute Gasteiger partial charge is 0.342 e. The summed E-state index contributed by atoms with van der Waals surface area (Å²) in [5.74, 6) is -0.177. The number of carbonyl (C=O) groups excluding carboxylic acids is 2. The van der Waals surface area contributed by atoms with Gasteiger partial charge in [-0.3, -0.25) is 4.79 Å². The minimum Gasteiger partial charge on any atom is -0.542 e. The van der Waals surface area contributed by atoms with Gasteiger partial charge in [-0.05, 0) is 42.6 Å². The van der Waals surface area contributed by atoms with Gasteiger partial charge in [0.1, 0.15) is 11.3 Å². The van der Waals surface area contributed by atoms with Crippen molar-refractivity contribution in [3.05, 3.63) is 70.3 Å². The molecule has 4 nitrogen and oxygen atoms in total. The number of benzene rings is 2. The maximum atomic E-state index is 13.1. The van der Waals surface area contributed by atoms with Crippen LogP contribution in [0.15, 0.2) is 48.0 Å². The van der Waals surface area contributed by atoms with E-state index < -0.39 is 15.0 Å². The highest BCUT2D eigenvalue weighted by atomic mass is 28.3. The van der Waals surface area contributed by atoms with Crippen molar-refractivity contribution in [1.29, 1.82) is 0 Å². The van der Waals surface area contributed by atoms with Gasteiger partial charge in [0, 0.05) is 16.7 Å². The number of carbonyl (C=O) groups is 2. The Morgan fingerprint density at radius 1 is 1.00 bits per heavy atom. The SMILES string of the molecule is CCOC(=O)C1=C(c2ccc(C(C)(C)C)cc2O[Si](C)C)c2ccccc2C1=O. The summed E-state index contributed by atoms with van der Waals surface area (Å²) in [6, 6.07) is 13.4. The van der Waals surface area contributed by atoms with Crippen LogP contribution in [0.4, 0.5) is 0 Å². The second-order valence-electron chi connectivity index (χ2n) is 8.32. The Kier molecular flexibility index (Phi) is 5.80. The van der Waals surface area contributed by atoms with E-state index in [1.165, 1.54) is 0 Å². The zero-order chi connectivity index (χ0) is 21.3. The molecular formula is C24H27O4Si. The summed E-state index contributed by atoms with van der Waals surface area (Å²) in [5.41, 5.74) is 3.79. The summed E-state index contributed by atoms with van der Waals surface area (Å²) in [7, 11) is -1.06. The summed E-state index contributed by atoms with van der Waals surface area (Å²) >= 11 is 0. The zero-order valence-corrected chi connectivity index (χ0v) is 18.9. The first-order chi connectivity index (χ1) is 13.6. The number of ketones is 1. The van der Waals surface area contributed by atoms with Crippen molar-refractivity contribution in [2.24, 2.45) is 0 Å². The largest absolute Gasteiger partial charge is 0.542 e. The molecule has 1 aliphatic rings. The zero-order valence-electron chi connectivity index (χ0n) is 17.9. The van der Waals surface area contributed by atoms with Crippen molar-refractivity contribution in [2.75, 3.05) is 6.61 Å². The summed E-state index contributed by atoms with van der Waals surface area (Å²) in [5, 5.41) is 0. The standard InChI is InChI=1S/C24H27O4Si/c1-7-27-23(26)21-20(16-10-8-9-11-17(16)22(21)25)18-13-12-15(24(2,3)4)14-19(18)28-29(5)6/h8-14H,7H2,1-6H3. The van der Waals surface area contributed by atoms with Crippen LogP contribution < -0.4 is 4.43 Å². The Balaban J connectivity index is 2.29. The van der Waals surface area contributed by atoms with Crippen molar-refractivity contribution in [1.82, 2.24) is 0 Å². The van der Waals surface area contributed by atoms with E-state index in [0.29, 0.717) is 16.9 Å². The highest BCUT2D eigenvalue weighted by Gasteiger charge is 2.36. The summed E-state index contributed by atoms with van der Waals surface area (Å²) in [4.78, 5) is 25.8. The lowest BCUT2D eigenvalue weighted by Gasteiger charge is -2.23. The molecule has 29 heavy (non-hydrogen) atoms. The lowest BCUT2D eigenvalue weighted by atomic mass is 9.85. The third-order valence-corrected chi connectivity index (χ3v) is 5.46. The van der Waals surface area contributed by atoms with Crippen LogP contribution in [0.3, 0.4) is 0 Å². The van der Waals surface area contributed by atoms with Crippen LogP contribution in [0.2, 0.25) is 13.1 Å². The van der Waals surface area contributed by atoms with E-state index in [1.807, 2.05) is 36.4 Å². The van der Waals surface area contributed by atoms with E-state index >= 15 is 0 Å². The molecule has 3 rings (SSSR count). The van der Waals surface area contributed by atoms with Crippen molar-refractivity contribution < 1.29 is 18.8 Å². The summed E-state index contributed by atoms with van der Waals surface area (Å²) < 4.78 is 11.5. The number of hydrogen-bond acceptors (Lipinski definition) is 4. The van der Waals surface area contributed by atoms with Gasteiger partial charge in [-0.1, -0.05) is 57.2 Å². The molecule has 0 N–H and O–H groups in total. The van der Waals surface area contributed by atoms with Crippen LogP contribution in [-0.4, -0.2) is 27.4 Å². The third-order valence-electron chi connectivity index (χ3n) is 4.83. The van der Waals surface area contributed by atoms with Crippen molar-refractivity contribution >= 4 is 26.4 Å². The molecule has 0 bridgehead atoms. The first-order valence-electron chi connectivity index (χ1n) is 9.83. The predicted octanol–water partition coefficient (Wildman–Crippen LogP) is 5.18. The average Bonchev–Trinajstić information content (AvgIpc) is 2.94. The molecule has 5 heteroatoms. The van der Waals surface area contributed by atoms with E-state index in [0.717, 1.165) is 16.7 Å². The maximum absolute atomic E-state index is 13.1. The van der Waals surface area contributed by atoms with E-state index in [2.05, 4.69) is 33.9 Å². The molecule has 0 atom stereocenters. The number of ether oxygens (including phenoxy) is 1. The molecule has 0 amide bonds. The van der Waals surface area contributed by atoms with Gasteiger partial charge in [0.2, 0.25) is 5.78 Å². The molecule has 0 aliphatic heterocycles. The number of fused-ring (bicyclic) bond motifs is 1. The Morgan fingerprint density at radius 2 is 1.66 bits per heavy atom. The minimum atomic E-state index is -1.06. The lowest BCUT2D eigenvalue weighted by molar-refractivity contribution is -0.137. The fourth-order valence-corrected chi connectivity index (χ4v) is 4.07. The Hall–Kier alpha value is -2.66. The summed E-state index contributed by atoms with van der Waals surface area (Å²) in [6.45, 7) is 12.5. The van der Waals surface area contributed by atoms with Crippen LogP contribution in [0.25, 0.3) is 5.57 Å². The molecule has 2 aromatic carbocycles. The average molecular weight is 408 g/mol. The molecule has 2 aromatic rings. The van der Waals surface area contributed by atoms with Crippen LogP contribution in [0.5, 0.6) is 5.75 Å². The second-order valence-corrected chi connectivity index (χ2v) is 10.3. The predicted molar refractivity (Wildman–Crippen MR) is 117 cm³/mol. The topological polar surface area (TPSA) is 52.6 Å². The fourth-order valence-electron chi connectivity index (χ4n) is 3.46. The van der Waals surface area contributed by atoms with E-state index in [4.69, 9.17) is 9.16 Å². The van der Waals surface area contributed by atoms with Gasteiger partial charge in [0.05, 0.1) is 6.61 Å². The molecule has 0 heterocycles. The molecule has 0 saturated heterocycles. The molecule has 0 fully saturated rings. The molecule has 0 aromatic heterocycles. The number of rotatable bonds is 5. The van der Waals surface area contributed by atoms with Gasteiger partial charge in [-0.15, -0.1) is 0 Å². The van der Waals surface area contributed by atoms with Crippen molar-refractivity contribution in [3.8, 4) is 5.75 Å². The molecule has 1 aliphatic carbocycles. The van der Waals surface area contributed by atoms with Crippen LogP contribution >= 0.6 is 0 Å². The van der Waals surface area contributed by atoms with Crippen molar-refractivity contribution in [3.63, 3.8) is 0 Å². The van der Waals surface area contributed by atoms with Gasteiger partial charge >= 0.3 is 5.97 Å². The number of hydrogen-bond donors (Lipinski definition) is 0. The van der Waals surface area contributed by atoms with E-state index in [9.17, 15) is 9.59 Å². The Morgan fingerprint density at radius 3 is 2.24 bits per heavy atom. The summed E-state index contributed by atoms with van der Waals surface area (Å²) in [6.07, 6.45) is 0. The van der Waals surface area contributed by atoms with E-state index in [1.54, 1.807) is 13.0 Å². The second kappa shape index (κ2) is 7.99. The van der Waals surface area contributed by atoms with Gasteiger partial charge in [0.15, 0.2) is 0 Å². The monoisotopic (exact) mass is 407 g/mol. The fraction of sp³-hybridized carbons (Fsp3) is 0.333. The number of esters is 1. The van der Waals surface area contributed by atoms with Gasteiger partial charge in [0.25, 0.3) is 9.04 Å². The van der Waals surface area contributed by atoms with Gasteiger partial charge in [-0.25, -0.2) is 4.79 Å². The molecule has 151 valence electrons. The molecule has 0 saturated carbocycles. The highest BCUT2D eigenvalue weighted by Crippen LogP contribution is 2.42. The third kappa shape index (κ3) is 4.05. The Labute approximate surface area is 174 Å². The molecule has 0 spiro atoms. The van der Waals surface area contributed by atoms with Crippen LogP contribution in [0.1, 0.15) is 54.7 Å². The highest BCUT2D eigenvalue weighted by molar-refractivity contribution is 6.49. The molecular weight excluding hydrogens is 380 g/mol. The van der Waals surface area contributed by atoms with Gasteiger partial charge < -0.3 is 9.16 Å². The van der Waals surface area contributed by atoms with Crippen molar-refractivity contribution in [2.45, 2.75) is 46.2 Å². The van der Waals surface area contributed by atoms with Crippen LogP contribution in [0, 0.1) is 0 Å². The van der Waals surface area contributed by atoms with E-state index in [-0.39, 0.29) is 23.4 Å².